The zero-order chi connectivity index (χ0) is 22.0. The van der Waals surface area contributed by atoms with Crippen LogP contribution in [0.4, 0.5) is 11.4 Å². The van der Waals surface area contributed by atoms with Gasteiger partial charge in [0.15, 0.2) is 16.7 Å². The Morgan fingerprint density at radius 3 is 2.65 bits per heavy atom. The minimum atomic E-state index is -1.05. The zero-order valence-corrected chi connectivity index (χ0v) is 17.3. The minimum absolute atomic E-state index is 0.0394. The lowest BCUT2D eigenvalue weighted by Gasteiger charge is -2.30. The molecule has 0 saturated carbocycles. The molecule has 2 aromatic rings. The smallest absolute Gasteiger partial charge is 0.335 e. The Kier molecular flexibility index (Phi) is 5.81. The number of anilines is 1. The van der Waals surface area contributed by atoms with E-state index < -0.39 is 11.2 Å². The van der Waals surface area contributed by atoms with E-state index in [0.717, 1.165) is 0 Å². The van der Waals surface area contributed by atoms with Crippen molar-refractivity contribution in [1.82, 2.24) is 4.90 Å². The predicted molar refractivity (Wildman–Crippen MR) is 115 cm³/mol. The van der Waals surface area contributed by atoms with E-state index in [9.17, 15) is 14.4 Å². The number of carboxylic acid groups (broad SMARTS) is 1. The molecule has 0 unspecified atom stereocenters. The van der Waals surface area contributed by atoms with Gasteiger partial charge in [0.05, 0.1) is 11.3 Å². The second-order valence-corrected chi connectivity index (χ2v) is 7.92. The maximum Gasteiger partial charge on any atom is 0.335 e. The van der Waals surface area contributed by atoms with Gasteiger partial charge in [0.1, 0.15) is 5.25 Å². The third-order valence-electron chi connectivity index (χ3n) is 4.73. The second kappa shape index (κ2) is 8.68. The molecule has 0 aromatic heterocycles. The molecule has 2 aliphatic heterocycles. The number of amides is 2. The van der Waals surface area contributed by atoms with Gasteiger partial charge >= 0.3 is 5.97 Å². The summed E-state index contributed by atoms with van der Waals surface area (Å²) in [7, 11) is 0. The van der Waals surface area contributed by atoms with Crippen LogP contribution in [0.1, 0.15) is 23.7 Å². The number of nitrogens with one attached hydrogen (secondary N) is 1. The fourth-order valence-electron chi connectivity index (χ4n) is 3.14. The Labute approximate surface area is 182 Å². The van der Waals surface area contributed by atoms with Crippen LogP contribution < -0.4 is 14.8 Å². The van der Waals surface area contributed by atoms with E-state index in [4.69, 9.17) is 14.6 Å². The summed E-state index contributed by atoms with van der Waals surface area (Å²) in [6, 6.07) is 11.1. The maximum absolute atomic E-state index is 12.8. The first-order valence-corrected chi connectivity index (χ1v) is 10.4. The van der Waals surface area contributed by atoms with Crippen LogP contribution in [0.3, 0.4) is 0 Å². The third-order valence-corrected chi connectivity index (χ3v) is 5.92. The normalized spacial score (nSPS) is 18.9. The van der Waals surface area contributed by atoms with Crippen molar-refractivity contribution < 1.29 is 29.0 Å². The monoisotopic (exact) mass is 441 g/mol. The van der Waals surface area contributed by atoms with Gasteiger partial charge in [-0.25, -0.2) is 9.79 Å². The SMILES string of the molecule is CCN1C(=O)C[C@H](C(=O)Nc2ccc(C(=O)O)cc2)SC1=Nc1ccc2c(c1)OCO2. The highest BCUT2D eigenvalue weighted by molar-refractivity contribution is 8.15. The molecule has 2 heterocycles. The first-order valence-electron chi connectivity index (χ1n) is 9.54. The van der Waals surface area contributed by atoms with Gasteiger partial charge in [-0.15, -0.1) is 0 Å². The number of hydrogen-bond donors (Lipinski definition) is 2. The van der Waals surface area contributed by atoms with Crippen molar-refractivity contribution >= 4 is 46.1 Å². The molecular formula is C21H19N3O6S. The number of benzene rings is 2. The second-order valence-electron chi connectivity index (χ2n) is 6.75. The van der Waals surface area contributed by atoms with Gasteiger partial charge < -0.3 is 19.9 Å². The van der Waals surface area contributed by atoms with Crippen molar-refractivity contribution in [3.05, 3.63) is 48.0 Å². The molecule has 2 aromatic carbocycles. The van der Waals surface area contributed by atoms with Crippen molar-refractivity contribution in [1.29, 1.82) is 0 Å². The van der Waals surface area contributed by atoms with Crippen LogP contribution in [0.25, 0.3) is 0 Å². The molecule has 2 amide bonds. The largest absolute Gasteiger partial charge is 0.478 e. The van der Waals surface area contributed by atoms with E-state index in [1.54, 1.807) is 23.1 Å². The van der Waals surface area contributed by atoms with Crippen LogP contribution in [0.2, 0.25) is 0 Å². The number of fused-ring (bicyclic) bond motifs is 1. The molecule has 0 radical (unpaired) electrons. The van der Waals surface area contributed by atoms with Crippen molar-refractivity contribution in [2.45, 2.75) is 18.6 Å². The van der Waals surface area contributed by atoms with Crippen LogP contribution in [-0.2, 0) is 9.59 Å². The number of nitrogens with zero attached hydrogens (tertiary/aromatic N) is 2. The number of ether oxygens (including phenoxy) is 2. The standard InChI is InChI=1S/C21H19N3O6S/c1-2-24-18(25)10-17(19(26)22-13-5-3-12(4-6-13)20(27)28)31-21(24)23-14-7-8-15-16(9-14)30-11-29-15/h3-9,17H,2,10-11H2,1H3,(H,22,26)(H,27,28)/t17-/m1/s1. The summed E-state index contributed by atoms with van der Waals surface area (Å²) < 4.78 is 10.7. The van der Waals surface area contributed by atoms with Gasteiger partial charge in [0.25, 0.3) is 0 Å². The van der Waals surface area contributed by atoms with E-state index in [0.29, 0.717) is 34.6 Å². The Balaban J connectivity index is 1.52. The number of carbonyl (C=O) groups is 3. The number of hydrogen-bond acceptors (Lipinski definition) is 7. The Morgan fingerprint density at radius 1 is 1.19 bits per heavy atom. The molecule has 1 saturated heterocycles. The average molecular weight is 441 g/mol. The van der Waals surface area contributed by atoms with Crippen LogP contribution >= 0.6 is 11.8 Å². The molecule has 10 heteroatoms. The molecule has 1 atom stereocenters. The van der Waals surface area contributed by atoms with Gasteiger partial charge in [-0.05, 0) is 43.3 Å². The molecule has 0 bridgehead atoms. The van der Waals surface area contributed by atoms with E-state index in [1.807, 2.05) is 6.92 Å². The molecule has 4 rings (SSSR count). The van der Waals surface area contributed by atoms with Gasteiger partial charge in [-0.3, -0.25) is 14.5 Å². The average Bonchev–Trinajstić information content (AvgIpc) is 3.22. The number of rotatable bonds is 5. The fraction of sp³-hybridized carbons (Fsp3) is 0.238. The van der Waals surface area contributed by atoms with E-state index in [-0.39, 0.29) is 30.6 Å². The highest BCUT2D eigenvalue weighted by Crippen LogP contribution is 2.36. The molecule has 2 N–H and O–H groups in total. The molecule has 1 fully saturated rings. The van der Waals surface area contributed by atoms with Gasteiger partial charge in [0, 0.05) is 24.7 Å². The van der Waals surface area contributed by atoms with Crippen LogP contribution in [0.15, 0.2) is 47.5 Å². The molecule has 160 valence electrons. The predicted octanol–water partition coefficient (Wildman–Crippen LogP) is 3.09. The molecular weight excluding hydrogens is 422 g/mol. The van der Waals surface area contributed by atoms with Gasteiger partial charge in [-0.1, -0.05) is 11.8 Å². The minimum Gasteiger partial charge on any atom is -0.478 e. The summed E-state index contributed by atoms with van der Waals surface area (Å²) in [5.74, 6) is -0.376. The van der Waals surface area contributed by atoms with Crippen LogP contribution in [0, 0.1) is 0 Å². The van der Waals surface area contributed by atoms with Crippen molar-refractivity contribution in [3.63, 3.8) is 0 Å². The lowest BCUT2D eigenvalue weighted by molar-refractivity contribution is -0.129. The lowest BCUT2D eigenvalue weighted by atomic mass is 10.2. The molecule has 2 aliphatic rings. The number of amidine groups is 1. The number of carboxylic acids is 1. The zero-order valence-electron chi connectivity index (χ0n) is 16.5. The number of aliphatic imine (C=N–C) groups is 1. The third kappa shape index (κ3) is 4.48. The first-order chi connectivity index (χ1) is 14.9. The van der Waals surface area contributed by atoms with E-state index >= 15 is 0 Å². The summed E-state index contributed by atoms with van der Waals surface area (Å²) in [4.78, 5) is 42.5. The van der Waals surface area contributed by atoms with Crippen molar-refractivity contribution in [2.75, 3.05) is 18.7 Å². The summed E-state index contributed by atoms with van der Waals surface area (Å²) >= 11 is 1.21. The summed E-state index contributed by atoms with van der Waals surface area (Å²) in [6.07, 6.45) is 0.0394. The number of aromatic carboxylic acids is 1. The quantitative estimate of drug-likeness (QED) is 0.732. The topological polar surface area (TPSA) is 118 Å². The number of carbonyl (C=O) groups excluding carboxylic acids is 2. The van der Waals surface area contributed by atoms with E-state index in [1.165, 1.54) is 36.0 Å². The van der Waals surface area contributed by atoms with Crippen molar-refractivity contribution in [3.8, 4) is 11.5 Å². The van der Waals surface area contributed by atoms with Crippen LogP contribution in [0.5, 0.6) is 11.5 Å². The van der Waals surface area contributed by atoms with Gasteiger partial charge in [-0.2, -0.15) is 0 Å². The molecule has 0 spiro atoms. The Hall–Kier alpha value is -3.53. The van der Waals surface area contributed by atoms with Crippen molar-refractivity contribution in [2.24, 2.45) is 4.99 Å². The fourth-order valence-corrected chi connectivity index (χ4v) is 4.30. The summed E-state index contributed by atoms with van der Waals surface area (Å²) in [5.41, 5.74) is 1.16. The lowest BCUT2D eigenvalue weighted by Crippen LogP contribution is -2.45. The van der Waals surface area contributed by atoms with Gasteiger partial charge in [0.2, 0.25) is 18.6 Å². The molecule has 31 heavy (non-hydrogen) atoms. The van der Waals surface area contributed by atoms with E-state index in [2.05, 4.69) is 10.3 Å². The number of thioether (sulfide) groups is 1. The Morgan fingerprint density at radius 2 is 1.94 bits per heavy atom. The molecule has 0 aliphatic carbocycles. The molecule has 9 nitrogen and oxygen atoms in total. The summed E-state index contributed by atoms with van der Waals surface area (Å²) in [5, 5.41) is 11.5. The highest BCUT2D eigenvalue weighted by Gasteiger charge is 2.35. The summed E-state index contributed by atoms with van der Waals surface area (Å²) in [6.45, 7) is 2.43. The Bertz CT molecular complexity index is 1070. The first kappa shape index (κ1) is 20.7. The maximum atomic E-state index is 12.8. The van der Waals surface area contributed by atoms with Crippen LogP contribution in [-0.4, -0.2) is 51.5 Å². The highest BCUT2D eigenvalue weighted by atomic mass is 32.2.